The average Bonchev–Trinajstić information content (AvgIpc) is 2.35. The van der Waals surface area contributed by atoms with E-state index in [2.05, 4.69) is 48.0 Å². The Bertz CT molecular complexity index is 300. The third-order valence-corrected chi connectivity index (χ3v) is 3.05. The highest BCUT2D eigenvalue weighted by molar-refractivity contribution is 5.00. The molecule has 0 aromatic carbocycles. The smallest absolute Gasteiger partial charge is 0.0753 e. The number of hydrogen-bond acceptors (Lipinski definition) is 4. The van der Waals surface area contributed by atoms with Crippen LogP contribution in [0, 0.1) is 0 Å². The van der Waals surface area contributed by atoms with Gasteiger partial charge in [-0.3, -0.25) is 9.97 Å². The second-order valence-electron chi connectivity index (χ2n) is 4.73. The van der Waals surface area contributed by atoms with E-state index < -0.39 is 0 Å². The van der Waals surface area contributed by atoms with Crippen LogP contribution in [-0.2, 0) is 0 Å². The maximum atomic E-state index is 4.29. The zero-order chi connectivity index (χ0) is 12.7. The van der Waals surface area contributed by atoms with E-state index in [0.29, 0.717) is 6.04 Å². The van der Waals surface area contributed by atoms with Crippen molar-refractivity contribution in [2.75, 3.05) is 20.1 Å². The molecule has 0 aliphatic heterocycles. The first-order chi connectivity index (χ1) is 8.11. The Morgan fingerprint density at radius 1 is 1.29 bits per heavy atom. The molecule has 1 aromatic rings. The van der Waals surface area contributed by atoms with Gasteiger partial charge in [-0.15, -0.1) is 0 Å². The van der Waals surface area contributed by atoms with Crippen molar-refractivity contribution in [1.82, 2.24) is 20.2 Å². The van der Waals surface area contributed by atoms with Crippen LogP contribution < -0.4 is 5.32 Å². The first kappa shape index (κ1) is 14.1. The van der Waals surface area contributed by atoms with Crippen molar-refractivity contribution in [2.24, 2.45) is 0 Å². The predicted octanol–water partition coefficient (Wildman–Crippen LogP) is 1.86. The first-order valence-electron chi connectivity index (χ1n) is 6.30. The van der Waals surface area contributed by atoms with E-state index in [1.807, 2.05) is 6.20 Å². The number of hydrogen-bond donors (Lipinski definition) is 1. The maximum Gasteiger partial charge on any atom is 0.0753 e. The Morgan fingerprint density at radius 2 is 2.06 bits per heavy atom. The zero-order valence-electron chi connectivity index (χ0n) is 11.3. The molecule has 0 spiro atoms. The molecule has 1 N–H and O–H groups in total. The fraction of sp³-hybridized carbons (Fsp3) is 0.692. The van der Waals surface area contributed by atoms with Gasteiger partial charge in [0.25, 0.3) is 0 Å². The second kappa shape index (κ2) is 7.35. The molecular weight excluding hydrogens is 212 g/mol. The lowest BCUT2D eigenvalue weighted by molar-refractivity contribution is 0.268. The summed E-state index contributed by atoms with van der Waals surface area (Å²) in [5.74, 6) is 0. The van der Waals surface area contributed by atoms with E-state index in [0.717, 1.165) is 25.2 Å². The van der Waals surface area contributed by atoms with E-state index in [1.54, 1.807) is 12.4 Å². The number of rotatable bonds is 7. The van der Waals surface area contributed by atoms with Gasteiger partial charge >= 0.3 is 0 Å². The minimum absolute atomic E-state index is 0.271. The van der Waals surface area contributed by atoms with Crippen molar-refractivity contribution >= 4 is 0 Å². The summed E-state index contributed by atoms with van der Waals surface area (Å²) in [6.07, 6.45) is 6.41. The van der Waals surface area contributed by atoms with Crippen molar-refractivity contribution in [3.63, 3.8) is 0 Å². The lowest BCUT2D eigenvalue weighted by Crippen LogP contribution is -2.30. The Hall–Kier alpha value is -1.00. The van der Waals surface area contributed by atoms with Gasteiger partial charge in [0, 0.05) is 30.7 Å². The third kappa shape index (κ3) is 5.24. The molecule has 96 valence electrons. The van der Waals surface area contributed by atoms with E-state index >= 15 is 0 Å². The van der Waals surface area contributed by atoms with Gasteiger partial charge < -0.3 is 10.2 Å². The summed E-state index contributed by atoms with van der Waals surface area (Å²) in [5, 5.41) is 3.46. The van der Waals surface area contributed by atoms with Crippen LogP contribution >= 0.6 is 0 Å². The molecule has 0 amide bonds. The normalized spacial score (nSPS) is 13.3. The molecule has 0 saturated carbocycles. The van der Waals surface area contributed by atoms with Gasteiger partial charge in [-0.1, -0.05) is 0 Å². The summed E-state index contributed by atoms with van der Waals surface area (Å²) in [6, 6.07) is 0.889. The Morgan fingerprint density at radius 3 is 2.65 bits per heavy atom. The van der Waals surface area contributed by atoms with Crippen LogP contribution in [0.4, 0.5) is 0 Å². The Balaban J connectivity index is 2.19. The van der Waals surface area contributed by atoms with Gasteiger partial charge in [-0.25, -0.2) is 0 Å². The fourth-order valence-corrected chi connectivity index (χ4v) is 1.54. The summed E-state index contributed by atoms with van der Waals surface area (Å²) in [7, 11) is 2.16. The predicted molar refractivity (Wildman–Crippen MR) is 70.8 cm³/mol. The molecule has 1 heterocycles. The van der Waals surface area contributed by atoms with Crippen LogP contribution in [-0.4, -0.2) is 41.0 Å². The standard InChI is InChI=1S/C13H24N4/c1-11(2)17(4)9-5-6-15-12(3)13-10-14-7-8-16-13/h7-8,10-12,15H,5-6,9H2,1-4H3. The highest BCUT2D eigenvalue weighted by Crippen LogP contribution is 2.06. The van der Waals surface area contributed by atoms with Crippen molar-refractivity contribution in [2.45, 2.75) is 39.3 Å². The highest BCUT2D eigenvalue weighted by atomic mass is 15.1. The molecule has 0 bridgehead atoms. The van der Waals surface area contributed by atoms with Crippen LogP contribution in [0.25, 0.3) is 0 Å². The van der Waals surface area contributed by atoms with Gasteiger partial charge in [0.05, 0.1) is 5.69 Å². The molecular formula is C13H24N4. The molecule has 0 saturated heterocycles. The van der Waals surface area contributed by atoms with Gasteiger partial charge in [0.15, 0.2) is 0 Å². The van der Waals surface area contributed by atoms with Crippen molar-refractivity contribution in [3.05, 3.63) is 24.3 Å². The van der Waals surface area contributed by atoms with Crippen molar-refractivity contribution in [1.29, 1.82) is 0 Å². The first-order valence-corrected chi connectivity index (χ1v) is 6.30. The van der Waals surface area contributed by atoms with Crippen LogP contribution in [0.15, 0.2) is 18.6 Å². The molecule has 0 fully saturated rings. The molecule has 4 nitrogen and oxygen atoms in total. The summed E-state index contributed by atoms with van der Waals surface area (Å²) in [4.78, 5) is 10.7. The molecule has 17 heavy (non-hydrogen) atoms. The van der Waals surface area contributed by atoms with Gasteiger partial charge in [-0.05, 0) is 47.3 Å². The second-order valence-corrected chi connectivity index (χ2v) is 4.73. The molecule has 0 radical (unpaired) electrons. The van der Waals surface area contributed by atoms with E-state index in [1.165, 1.54) is 0 Å². The molecule has 1 atom stereocenters. The fourth-order valence-electron chi connectivity index (χ4n) is 1.54. The summed E-state index contributed by atoms with van der Waals surface area (Å²) in [5.41, 5.74) is 1.00. The molecule has 1 rings (SSSR count). The maximum absolute atomic E-state index is 4.29. The van der Waals surface area contributed by atoms with Crippen LogP contribution in [0.2, 0.25) is 0 Å². The number of nitrogens with one attached hydrogen (secondary N) is 1. The molecule has 4 heteroatoms. The summed E-state index contributed by atoms with van der Waals surface area (Å²) in [6.45, 7) is 8.69. The topological polar surface area (TPSA) is 41.0 Å². The lowest BCUT2D eigenvalue weighted by Gasteiger charge is -2.21. The molecule has 0 aliphatic rings. The number of aromatic nitrogens is 2. The van der Waals surface area contributed by atoms with Gasteiger partial charge in [0.1, 0.15) is 0 Å². The minimum atomic E-state index is 0.271. The minimum Gasteiger partial charge on any atom is -0.309 e. The van der Waals surface area contributed by atoms with Crippen LogP contribution in [0.3, 0.4) is 0 Å². The van der Waals surface area contributed by atoms with E-state index in [4.69, 9.17) is 0 Å². The highest BCUT2D eigenvalue weighted by Gasteiger charge is 2.06. The largest absolute Gasteiger partial charge is 0.309 e. The van der Waals surface area contributed by atoms with E-state index in [9.17, 15) is 0 Å². The Kier molecular flexibility index (Phi) is 6.08. The SMILES string of the molecule is CC(NCCCN(C)C(C)C)c1cnccn1. The number of nitrogens with zero attached hydrogens (tertiary/aromatic N) is 3. The molecule has 1 unspecified atom stereocenters. The lowest BCUT2D eigenvalue weighted by atomic mass is 10.2. The zero-order valence-corrected chi connectivity index (χ0v) is 11.3. The third-order valence-electron chi connectivity index (χ3n) is 3.05. The van der Waals surface area contributed by atoms with Crippen LogP contribution in [0.5, 0.6) is 0 Å². The van der Waals surface area contributed by atoms with Crippen molar-refractivity contribution in [3.8, 4) is 0 Å². The summed E-state index contributed by atoms with van der Waals surface area (Å²) >= 11 is 0. The van der Waals surface area contributed by atoms with Gasteiger partial charge in [-0.2, -0.15) is 0 Å². The molecule has 1 aromatic heterocycles. The quantitative estimate of drug-likeness (QED) is 0.734. The summed E-state index contributed by atoms with van der Waals surface area (Å²) < 4.78 is 0. The Labute approximate surface area is 104 Å². The van der Waals surface area contributed by atoms with E-state index in [-0.39, 0.29) is 6.04 Å². The molecule has 0 aliphatic carbocycles. The monoisotopic (exact) mass is 236 g/mol. The van der Waals surface area contributed by atoms with Crippen molar-refractivity contribution < 1.29 is 0 Å². The van der Waals surface area contributed by atoms with Gasteiger partial charge in [0.2, 0.25) is 0 Å². The average molecular weight is 236 g/mol. The van der Waals surface area contributed by atoms with Crippen LogP contribution in [0.1, 0.15) is 38.9 Å².